The monoisotopic (exact) mass is 410 g/mol. The van der Waals surface area contributed by atoms with Crippen molar-refractivity contribution in [3.8, 4) is 11.5 Å². The van der Waals surface area contributed by atoms with E-state index in [4.69, 9.17) is 9.47 Å². The van der Waals surface area contributed by atoms with E-state index in [9.17, 15) is 9.59 Å². The maximum absolute atomic E-state index is 12.6. The topological polar surface area (TPSA) is 67.9 Å². The number of benzene rings is 2. The number of rotatable bonds is 8. The number of piperidine rings is 1. The zero-order valence-electron chi connectivity index (χ0n) is 17.7. The highest BCUT2D eigenvalue weighted by Gasteiger charge is 2.23. The van der Waals surface area contributed by atoms with Gasteiger partial charge in [0.05, 0.1) is 7.11 Å². The third-order valence-corrected chi connectivity index (χ3v) is 5.50. The Hall–Kier alpha value is -3.02. The molecule has 0 aromatic heterocycles. The van der Waals surface area contributed by atoms with E-state index >= 15 is 0 Å². The molecule has 30 heavy (non-hydrogen) atoms. The number of likely N-dealkylation sites (tertiary alicyclic amines) is 1. The van der Waals surface area contributed by atoms with Crippen molar-refractivity contribution in [1.29, 1.82) is 0 Å². The molecule has 1 fully saturated rings. The molecule has 0 spiro atoms. The number of hydrogen-bond acceptors (Lipinski definition) is 4. The van der Waals surface area contributed by atoms with Crippen molar-refractivity contribution in [3.05, 3.63) is 59.7 Å². The lowest BCUT2D eigenvalue weighted by Crippen LogP contribution is -2.39. The molecule has 1 aliphatic rings. The SMILES string of the molecule is COc1ccc(OCC(=O)NCCC2CCN(C(=O)c3ccc(C)cc3)CC2)cc1. The van der Waals surface area contributed by atoms with Crippen LogP contribution in [0, 0.1) is 12.8 Å². The van der Waals surface area contributed by atoms with Gasteiger partial charge in [0.25, 0.3) is 11.8 Å². The second kappa shape index (κ2) is 10.7. The highest BCUT2D eigenvalue weighted by atomic mass is 16.5. The Morgan fingerprint density at radius 2 is 1.63 bits per heavy atom. The molecule has 1 N–H and O–H groups in total. The van der Waals surface area contributed by atoms with Crippen LogP contribution in [0.5, 0.6) is 11.5 Å². The molecule has 2 amide bonds. The molecule has 0 atom stereocenters. The third-order valence-electron chi connectivity index (χ3n) is 5.50. The van der Waals surface area contributed by atoms with Gasteiger partial charge in [0.2, 0.25) is 0 Å². The van der Waals surface area contributed by atoms with Crippen LogP contribution in [0.2, 0.25) is 0 Å². The van der Waals surface area contributed by atoms with Crippen LogP contribution in [0.15, 0.2) is 48.5 Å². The van der Waals surface area contributed by atoms with Gasteiger partial charge in [-0.2, -0.15) is 0 Å². The fourth-order valence-corrected chi connectivity index (χ4v) is 3.59. The lowest BCUT2D eigenvalue weighted by Gasteiger charge is -2.32. The number of carbonyl (C=O) groups excluding carboxylic acids is 2. The van der Waals surface area contributed by atoms with E-state index < -0.39 is 0 Å². The molecule has 6 heteroatoms. The lowest BCUT2D eigenvalue weighted by molar-refractivity contribution is -0.123. The zero-order chi connectivity index (χ0) is 21.3. The van der Waals surface area contributed by atoms with Crippen molar-refractivity contribution >= 4 is 11.8 Å². The first-order chi connectivity index (χ1) is 14.5. The van der Waals surface area contributed by atoms with Gasteiger partial charge in [0.1, 0.15) is 11.5 Å². The molecule has 1 aliphatic heterocycles. The number of methoxy groups -OCH3 is 1. The number of carbonyl (C=O) groups is 2. The summed E-state index contributed by atoms with van der Waals surface area (Å²) < 4.78 is 10.6. The van der Waals surface area contributed by atoms with Gasteiger partial charge >= 0.3 is 0 Å². The normalized spacial score (nSPS) is 14.3. The van der Waals surface area contributed by atoms with E-state index in [0.29, 0.717) is 18.2 Å². The molecule has 0 bridgehead atoms. The molecule has 0 radical (unpaired) electrons. The number of ether oxygens (including phenoxy) is 2. The fourth-order valence-electron chi connectivity index (χ4n) is 3.59. The summed E-state index contributed by atoms with van der Waals surface area (Å²) in [6.45, 7) is 4.18. The average Bonchev–Trinajstić information content (AvgIpc) is 2.78. The molecule has 0 unspecified atom stereocenters. The number of aryl methyl sites for hydroxylation is 1. The molecule has 6 nitrogen and oxygen atoms in total. The minimum absolute atomic E-state index is 0.00414. The standard InChI is InChI=1S/C24H30N2O4/c1-18-3-5-20(6-4-18)24(28)26-15-12-19(13-16-26)11-14-25-23(27)17-30-22-9-7-21(29-2)8-10-22/h3-10,19H,11-17H2,1-2H3,(H,25,27). The van der Waals surface area contributed by atoms with Crippen molar-refractivity contribution in [2.24, 2.45) is 5.92 Å². The van der Waals surface area contributed by atoms with Crippen LogP contribution in [0.4, 0.5) is 0 Å². The van der Waals surface area contributed by atoms with Crippen LogP contribution in [-0.2, 0) is 4.79 Å². The molecule has 1 saturated heterocycles. The molecule has 3 rings (SSSR count). The number of hydrogen-bond donors (Lipinski definition) is 1. The summed E-state index contributed by atoms with van der Waals surface area (Å²) in [5, 5.41) is 2.92. The van der Waals surface area contributed by atoms with Crippen LogP contribution >= 0.6 is 0 Å². The van der Waals surface area contributed by atoms with E-state index in [1.165, 1.54) is 0 Å². The first kappa shape index (κ1) is 21.7. The highest BCUT2D eigenvalue weighted by molar-refractivity contribution is 5.94. The van der Waals surface area contributed by atoms with Gasteiger partial charge in [-0.25, -0.2) is 0 Å². The van der Waals surface area contributed by atoms with Crippen molar-refractivity contribution < 1.29 is 19.1 Å². The van der Waals surface area contributed by atoms with Crippen LogP contribution in [0.3, 0.4) is 0 Å². The summed E-state index contributed by atoms with van der Waals surface area (Å²) in [6, 6.07) is 14.9. The summed E-state index contributed by atoms with van der Waals surface area (Å²) in [5.74, 6) is 1.89. The van der Waals surface area contributed by atoms with Crippen LogP contribution in [-0.4, -0.2) is 50.1 Å². The van der Waals surface area contributed by atoms with Crippen LogP contribution in [0.1, 0.15) is 35.2 Å². The lowest BCUT2D eigenvalue weighted by atomic mass is 9.93. The van der Waals surface area contributed by atoms with E-state index in [1.54, 1.807) is 31.4 Å². The Bertz CT molecular complexity index is 825. The van der Waals surface area contributed by atoms with E-state index in [2.05, 4.69) is 5.32 Å². The van der Waals surface area contributed by atoms with E-state index in [1.807, 2.05) is 36.1 Å². The van der Waals surface area contributed by atoms with Crippen molar-refractivity contribution in [2.45, 2.75) is 26.2 Å². The second-order valence-corrected chi connectivity index (χ2v) is 7.70. The fraction of sp³-hybridized carbons (Fsp3) is 0.417. The van der Waals surface area contributed by atoms with Gasteiger partial charge in [-0.1, -0.05) is 17.7 Å². The maximum Gasteiger partial charge on any atom is 0.257 e. The molecule has 2 aromatic rings. The van der Waals surface area contributed by atoms with Crippen LogP contribution in [0.25, 0.3) is 0 Å². The first-order valence-electron chi connectivity index (χ1n) is 10.4. The summed E-state index contributed by atoms with van der Waals surface area (Å²) in [5.41, 5.74) is 1.91. The Kier molecular flexibility index (Phi) is 7.71. The Morgan fingerprint density at radius 1 is 1.00 bits per heavy atom. The predicted molar refractivity (Wildman–Crippen MR) is 116 cm³/mol. The minimum atomic E-state index is -0.127. The number of nitrogens with zero attached hydrogens (tertiary/aromatic N) is 1. The van der Waals surface area contributed by atoms with E-state index in [0.717, 1.165) is 49.2 Å². The molecule has 160 valence electrons. The zero-order valence-corrected chi connectivity index (χ0v) is 17.7. The quantitative estimate of drug-likeness (QED) is 0.724. The van der Waals surface area contributed by atoms with Crippen LogP contribution < -0.4 is 14.8 Å². The Balaban J connectivity index is 1.32. The summed E-state index contributed by atoms with van der Waals surface area (Å²) in [7, 11) is 1.61. The van der Waals surface area contributed by atoms with E-state index in [-0.39, 0.29) is 18.4 Å². The van der Waals surface area contributed by atoms with Gasteiger partial charge in [0.15, 0.2) is 6.61 Å². The third kappa shape index (κ3) is 6.24. The highest BCUT2D eigenvalue weighted by Crippen LogP contribution is 2.22. The first-order valence-corrected chi connectivity index (χ1v) is 10.4. The predicted octanol–water partition coefficient (Wildman–Crippen LogP) is 3.44. The minimum Gasteiger partial charge on any atom is -0.497 e. The Morgan fingerprint density at radius 3 is 2.27 bits per heavy atom. The van der Waals surface area contributed by atoms with Crippen molar-refractivity contribution in [2.75, 3.05) is 33.4 Å². The average molecular weight is 411 g/mol. The van der Waals surface area contributed by atoms with Gasteiger partial charge in [-0.3, -0.25) is 9.59 Å². The summed E-state index contributed by atoms with van der Waals surface area (Å²) in [6.07, 6.45) is 2.85. The molecule has 2 aromatic carbocycles. The number of amides is 2. The van der Waals surface area contributed by atoms with Crippen molar-refractivity contribution in [1.82, 2.24) is 10.2 Å². The van der Waals surface area contributed by atoms with Gasteiger partial charge in [0, 0.05) is 25.2 Å². The number of nitrogens with one attached hydrogen (secondary N) is 1. The van der Waals surface area contributed by atoms with Gasteiger partial charge in [-0.05, 0) is 68.5 Å². The molecule has 1 heterocycles. The largest absolute Gasteiger partial charge is 0.497 e. The molecule has 0 saturated carbocycles. The summed E-state index contributed by atoms with van der Waals surface area (Å²) in [4.78, 5) is 26.5. The molecular weight excluding hydrogens is 380 g/mol. The molecular formula is C24H30N2O4. The van der Waals surface area contributed by atoms with Gasteiger partial charge in [-0.15, -0.1) is 0 Å². The van der Waals surface area contributed by atoms with Crippen molar-refractivity contribution in [3.63, 3.8) is 0 Å². The summed E-state index contributed by atoms with van der Waals surface area (Å²) >= 11 is 0. The molecule has 0 aliphatic carbocycles. The maximum atomic E-state index is 12.6. The Labute approximate surface area is 178 Å². The van der Waals surface area contributed by atoms with Gasteiger partial charge < -0.3 is 19.7 Å². The second-order valence-electron chi connectivity index (χ2n) is 7.70. The smallest absolute Gasteiger partial charge is 0.257 e.